The average molecular weight is 306 g/mol. The third-order valence-electron chi connectivity index (χ3n) is 3.16. The van der Waals surface area contributed by atoms with Crippen LogP contribution in [0.1, 0.15) is 29.1 Å². The molecule has 0 fully saturated rings. The summed E-state index contributed by atoms with van der Waals surface area (Å²) in [7, 11) is 0. The normalized spacial score (nSPS) is 10.9. The van der Waals surface area contributed by atoms with Gasteiger partial charge in [-0.2, -0.15) is 0 Å². The Hall–Kier alpha value is -1.88. The molecule has 0 radical (unpaired) electrons. The number of carbonyl (C=O) groups is 1. The molecule has 5 heteroatoms. The summed E-state index contributed by atoms with van der Waals surface area (Å²) in [4.78, 5) is 12.6. The second kappa shape index (κ2) is 6.72. The van der Waals surface area contributed by atoms with E-state index in [1.165, 1.54) is 17.4 Å². The van der Waals surface area contributed by atoms with Gasteiger partial charge in [-0.05, 0) is 24.1 Å². The molecule has 21 heavy (non-hydrogen) atoms. The van der Waals surface area contributed by atoms with Crippen LogP contribution in [0.2, 0.25) is 0 Å². The molecule has 2 aromatic rings. The number of thiophene rings is 1. The fraction of sp³-hybridized carbons (Fsp3) is 0.312. The van der Waals surface area contributed by atoms with Gasteiger partial charge in [0.15, 0.2) is 5.78 Å². The Kier molecular flexibility index (Phi) is 4.96. The fourth-order valence-corrected chi connectivity index (χ4v) is 3.06. The topological polar surface area (TPSA) is 55.1 Å². The van der Waals surface area contributed by atoms with Crippen molar-refractivity contribution in [3.8, 4) is 0 Å². The molecule has 0 spiro atoms. The number of hydrogen-bond acceptors (Lipinski definition) is 4. The molecule has 0 aliphatic heterocycles. The first kappa shape index (κ1) is 15.5. The average Bonchev–Trinajstić information content (AvgIpc) is 2.81. The van der Waals surface area contributed by atoms with E-state index in [4.69, 9.17) is 5.73 Å². The first-order valence-corrected chi connectivity index (χ1v) is 7.71. The van der Waals surface area contributed by atoms with Crippen LogP contribution in [0.3, 0.4) is 0 Å². The van der Waals surface area contributed by atoms with Crippen LogP contribution in [0.5, 0.6) is 0 Å². The minimum absolute atomic E-state index is 0.0552. The quantitative estimate of drug-likeness (QED) is 0.794. The van der Waals surface area contributed by atoms with Gasteiger partial charge in [-0.3, -0.25) is 4.79 Å². The van der Waals surface area contributed by atoms with E-state index >= 15 is 0 Å². The van der Waals surface area contributed by atoms with Gasteiger partial charge in [0.25, 0.3) is 0 Å². The number of benzene rings is 1. The largest absolute Gasteiger partial charge is 0.397 e. The zero-order valence-electron chi connectivity index (χ0n) is 12.2. The summed E-state index contributed by atoms with van der Waals surface area (Å²) < 4.78 is 13.5. The lowest BCUT2D eigenvalue weighted by Gasteiger charge is -2.04. The molecule has 1 aromatic heterocycles. The first-order valence-electron chi connectivity index (χ1n) is 6.90. The second-order valence-electron chi connectivity index (χ2n) is 5.18. The van der Waals surface area contributed by atoms with Gasteiger partial charge >= 0.3 is 0 Å². The van der Waals surface area contributed by atoms with Crippen molar-refractivity contribution < 1.29 is 9.18 Å². The Balaban J connectivity index is 1.97. The lowest BCUT2D eigenvalue weighted by atomic mass is 10.1. The van der Waals surface area contributed by atoms with Gasteiger partial charge in [0.1, 0.15) is 5.82 Å². The molecule has 1 heterocycles. The van der Waals surface area contributed by atoms with E-state index in [-0.39, 0.29) is 17.5 Å². The van der Waals surface area contributed by atoms with Gasteiger partial charge in [-0.25, -0.2) is 4.39 Å². The highest BCUT2D eigenvalue weighted by atomic mass is 32.1. The molecule has 0 unspecified atom stereocenters. The SMILES string of the molecule is CC(C)C(=O)c1sc(NCCc2ccccc2F)cc1N. The summed E-state index contributed by atoms with van der Waals surface area (Å²) in [6, 6.07) is 8.49. The number of ketones is 1. The number of nitrogens with two attached hydrogens (primary N) is 1. The fourth-order valence-electron chi connectivity index (χ4n) is 1.97. The molecule has 0 atom stereocenters. The van der Waals surface area contributed by atoms with Crippen molar-refractivity contribution >= 4 is 27.8 Å². The maximum atomic E-state index is 13.5. The predicted molar refractivity (Wildman–Crippen MR) is 86.5 cm³/mol. The second-order valence-corrected chi connectivity index (χ2v) is 6.23. The number of hydrogen-bond donors (Lipinski definition) is 2. The molecule has 1 aromatic carbocycles. The number of nitrogens with one attached hydrogen (secondary N) is 1. The van der Waals surface area contributed by atoms with Crippen molar-refractivity contribution in [2.45, 2.75) is 20.3 Å². The summed E-state index contributed by atoms with van der Waals surface area (Å²) >= 11 is 1.36. The molecule has 3 N–H and O–H groups in total. The smallest absolute Gasteiger partial charge is 0.177 e. The number of halogens is 1. The molecule has 2 rings (SSSR count). The van der Waals surface area contributed by atoms with Gasteiger partial charge in [0.2, 0.25) is 0 Å². The third-order valence-corrected chi connectivity index (χ3v) is 4.28. The summed E-state index contributed by atoms with van der Waals surface area (Å²) in [6.07, 6.45) is 0.581. The lowest BCUT2D eigenvalue weighted by molar-refractivity contribution is 0.0944. The Morgan fingerprint density at radius 3 is 2.76 bits per heavy atom. The van der Waals surface area contributed by atoms with Crippen LogP contribution >= 0.6 is 11.3 Å². The van der Waals surface area contributed by atoms with Crippen molar-refractivity contribution in [3.63, 3.8) is 0 Å². The summed E-state index contributed by atoms with van der Waals surface area (Å²) in [6.45, 7) is 4.30. The van der Waals surface area contributed by atoms with Gasteiger partial charge in [-0.15, -0.1) is 11.3 Å². The van der Waals surface area contributed by atoms with Gasteiger partial charge in [0, 0.05) is 12.5 Å². The van der Waals surface area contributed by atoms with Gasteiger partial charge in [0.05, 0.1) is 15.6 Å². The van der Waals surface area contributed by atoms with E-state index in [0.29, 0.717) is 29.1 Å². The van der Waals surface area contributed by atoms with Crippen LogP contribution in [0.4, 0.5) is 15.1 Å². The minimum Gasteiger partial charge on any atom is -0.397 e. The lowest BCUT2D eigenvalue weighted by Crippen LogP contribution is -2.07. The monoisotopic (exact) mass is 306 g/mol. The first-order chi connectivity index (χ1) is 9.99. The molecule has 3 nitrogen and oxygen atoms in total. The van der Waals surface area contributed by atoms with Crippen LogP contribution in [-0.2, 0) is 6.42 Å². The maximum absolute atomic E-state index is 13.5. The Bertz CT molecular complexity index is 637. The van der Waals surface area contributed by atoms with Crippen molar-refractivity contribution in [1.82, 2.24) is 0 Å². The molecule has 112 valence electrons. The summed E-state index contributed by atoms with van der Waals surface area (Å²) in [5, 5.41) is 4.04. The number of rotatable bonds is 6. The van der Waals surface area contributed by atoms with Crippen LogP contribution < -0.4 is 11.1 Å². The van der Waals surface area contributed by atoms with Crippen molar-refractivity contribution in [3.05, 3.63) is 46.6 Å². The molecule has 0 saturated heterocycles. The molecule has 0 aliphatic rings. The molecular weight excluding hydrogens is 287 g/mol. The highest BCUT2D eigenvalue weighted by molar-refractivity contribution is 7.18. The summed E-state index contributed by atoms with van der Waals surface area (Å²) in [5.74, 6) is -0.211. The number of carbonyl (C=O) groups excluding carboxylic acids is 1. The van der Waals surface area contributed by atoms with Crippen LogP contribution in [0.15, 0.2) is 30.3 Å². The molecular formula is C16H19FN2OS. The Morgan fingerprint density at radius 2 is 2.10 bits per heavy atom. The molecule has 0 saturated carbocycles. The Morgan fingerprint density at radius 1 is 1.38 bits per heavy atom. The highest BCUT2D eigenvalue weighted by Gasteiger charge is 2.17. The van der Waals surface area contributed by atoms with Crippen LogP contribution in [0.25, 0.3) is 0 Å². The number of Topliss-reactive ketones (excluding diaryl/α,β-unsaturated/α-hetero) is 1. The zero-order valence-corrected chi connectivity index (χ0v) is 13.0. The standard InChI is InChI=1S/C16H19FN2OS/c1-10(2)15(20)16-13(18)9-14(21-16)19-8-7-11-5-3-4-6-12(11)17/h3-6,9-10,19H,7-8,18H2,1-2H3. The van der Waals surface area contributed by atoms with Crippen LogP contribution in [-0.4, -0.2) is 12.3 Å². The third kappa shape index (κ3) is 3.82. The van der Waals surface area contributed by atoms with Crippen molar-refractivity contribution in [1.29, 1.82) is 0 Å². The molecule has 0 bridgehead atoms. The summed E-state index contributed by atoms with van der Waals surface area (Å²) in [5.41, 5.74) is 7.06. The van der Waals surface area contributed by atoms with E-state index in [2.05, 4.69) is 5.32 Å². The van der Waals surface area contributed by atoms with Crippen molar-refractivity contribution in [2.75, 3.05) is 17.6 Å². The molecule has 0 amide bonds. The molecule has 0 aliphatic carbocycles. The van der Waals surface area contributed by atoms with E-state index in [0.717, 1.165) is 5.00 Å². The van der Waals surface area contributed by atoms with Gasteiger partial charge < -0.3 is 11.1 Å². The zero-order chi connectivity index (χ0) is 15.4. The van der Waals surface area contributed by atoms with Crippen molar-refractivity contribution in [2.24, 2.45) is 5.92 Å². The van der Waals surface area contributed by atoms with E-state index in [1.54, 1.807) is 18.2 Å². The van der Waals surface area contributed by atoms with E-state index in [9.17, 15) is 9.18 Å². The van der Waals surface area contributed by atoms with Gasteiger partial charge in [-0.1, -0.05) is 32.0 Å². The Labute approximate surface area is 128 Å². The number of anilines is 2. The van der Waals surface area contributed by atoms with E-state index < -0.39 is 0 Å². The minimum atomic E-state index is -0.194. The predicted octanol–water partition coefficient (Wildman–Crippen LogP) is 3.96. The van der Waals surface area contributed by atoms with Crippen LogP contribution in [0, 0.1) is 11.7 Å². The number of nitrogen functional groups attached to an aromatic ring is 1. The van der Waals surface area contributed by atoms with E-state index in [1.807, 2.05) is 19.9 Å². The highest BCUT2D eigenvalue weighted by Crippen LogP contribution is 2.31. The maximum Gasteiger partial charge on any atom is 0.177 e.